The number of ether oxygens (including phenoxy) is 1. The summed E-state index contributed by atoms with van der Waals surface area (Å²) in [6, 6.07) is 2.26. The van der Waals surface area contributed by atoms with Gasteiger partial charge in [-0.25, -0.2) is 0 Å². The SMILES string of the molecule is CCc1ccsc1CNC(=O)C1COCC1NC. The van der Waals surface area contributed by atoms with E-state index in [1.165, 1.54) is 10.4 Å². The first kappa shape index (κ1) is 13.5. The Kier molecular flexibility index (Phi) is 4.74. The Morgan fingerprint density at radius 1 is 1.56 bits per heavy atom. The molecular weight excluding hydrogens is 248 g/mol. The van der Waals surface area contributed by atoms with Crippen LogP contribution in [0.4, 0.5) is 0 Å². The van der Waals surface area contributed by atoms with E-state index in [2.05, 4.69) is 29.0 Å². The van der Waals surface area contributed by atoms with Crippen LogP contribution in [0, 0.1) is 5.92 Å². The van der Waals surface area contributed by atoms with Crippen molar-refractivity contribution < 1.29 is 9.53 Å². The molecular formula is C13H20N2O2S. The fourth-order valence-electron chi connectivity index (χ4n) is 2.23. The summed E-state index contributed by atoms with van der Waals surface area (Å²) in [7, 11) is 1.87. The Hall–Kier alpha value is -0.910. The maximum absolute atomic E-state index is 12.1. The number of hydrogen-bond donors (Lipinski definition) is 2. The van der Waals surface area contributed by atoms with Crippen molar-refractivity contribution in [2.75, 3.05) is 20.3 Å². The molecule has 100 valence electrons. The average molecular weight is 268 g/mol. The van der Waals surface area contributed by atoms with Gasteiger partial charge in [-0.3, -0.25) is 4.79 Å². The van der Waals surface area contributed by atoms with E-state index in [9.17, 15) is 4.79 Å². The molecule has 2 atom stereocenters. The van der Waals surface area contributed by atoms with E-state index in [1.807, 2.05) is 7.05 Å². The molecule has 2 unspecified atom stereocenters. The van der Waals surface area contributed by atoms with Gasteiger partial charge in [0.05, 0.1) is 25.7 Å². The van der Waals surface area contributed by atoms with Crippen LogP contribution in [-0.4, -0.2) is 32.2 Å². The third-order valence-electron chi connectivity index (χ3n) is 3.43. The van der Waals surface area contributed by atoms with Crippen LogP contribution in [0.15, 0.2) is 11.4 Å². The van der Waals surface area contributed by atoms with Gasteiger partial charge in [-0.15, -0.1) is 11.3 Å². The Morgan fingerprint density at radius 2 is 2.39 bits per heavy atom. The summed E-state index contributed by atoms with van der Waals surface area (Å²) in [4.78, 5) is 13.3. The van der Waals surface area contributed by atoms with Gasteiger partial charge in [-0.05, 0) is 30.5 Å². The van der Waals surface area contributed by atoms with Crippen molar-refractivity contribution in [3.8, 4) is 0 Å². The Labute approximate surface area is 112 Å². The van der Waals surface area contributed by atoms with Crippen molar-refractivity contribution in [1.82, 2.24) is 10.6 Å². The Morgan fingerprint density at radius 3 is 3.11 bits per heavy atom. The van der Waals surface area contributed by atoms with Crippen molar-refractivity contribution in [1.29, 1.82) is 0 Å². The molecule has 2 heterocycles. The van der Waals surface area contributed by atoms with Crippen molar-refractivity contribution in [3.05, 3.63) is 21.9 Å². The molecule has 0 aliphatic carbocycles. The van der Waals surface area contributed by atoms with Gasteiger partial charge in [0.2, 0.25) is 5.91 Å². The van der Waals surface area contributed by atoms with Crippen LogP contribution in [0.1, 0.15) is 17.4 Å². The van der Waals surface area contributed by atoms with E-state index in [4.69, 9.17) is 4.74 Å². The molecule has 1 aliphatic heterocycles. The van der Waals surface area contributed by atoms with Crippen molar-refractivity contribution in [3.63, 3.8) is 0 Å². The number of rotatable bonds is 5. The second-order valence-electron chi connectivity index (χ2n) is 4.48. The summed E-state index contributed by atoms with van der Waals surface area (Å²) in [5.74, 6) is 0.0161. The summed E-state index contributed by atoms with van der Waals surface area (Å²) in [6.07, 6.45) is 1.01. The van der Waals surface area contributed by atoms with Crippen molar-refractivity contribution in [2.45, 2.75) is 25.9 Å². The fraction of sp³-hybridized carbons (Fsp3) is 0.615. The van der Waals surface area contributed by atoms with E-state index in [0.717, 1.165) is 6.42 Å². The predicted octanol–water partition coefficient (Wildman–Crippen LogP) is 1.16. The molecule has 0 bridgehead atoms. The van der Waals surface area contributed by atoms with Crippen LogP contribution in [-0.2, 0) is 22.5 Å². The summed E-state index contributed by atoms with van der Waals surface area (Å²) >= 11 is 1.70. The quantitative estimate of drug-likeness (QED) is 0.842. The maximum atomic E-state index is 12.1. The summed E-state index contributed by atoms with van der Waals surface area (Å²) in [5, 5.41) is 8.22. The molecule has 1 aromatic rings. The normalized spacial score (nSPS) is 23.2. The van der Waals surface area contributed by atoms with Gasteiger partial charge >= 0.3 is 0 Å². The highest BCUT2D eigenvalue weighted by molar-refractivity contribution is 7.10. The Bertz CT molecular complexity index is 405. The number of carbonyl (C=O) groups is 1. The topological polar surface area (TPSA) is 50.4 Å². The summed E-state index contributed by atoms with van der Waals surface area (Å²) in [5.41, 5.74) is 1.33. The highest BCUT2D eigenvalue weighted by Gasteiger charge is 2.32. The second-order valence-corrected chi connectivity index (χ2v) is 5.48. The van der Waals surface area contributed by atoms with Crippen LogP contribution in [0.2, 0.25) is 0 Å². The van der Waals surface area contributed by atoms with Gasteiger partial charge in [0.25, 0.3) is 0 Å². The lowest BCUT2D eigenvalue weighted by Crippen LogP contribution is -2.42. The summed E-state index contributed by atoms with van der Waals surface area (Å²) < 4.78 is 5.34. The zero-order chi connectivity index (χ0) is 13.0. The van der Waals surface area contributed by atoms with E-state index < -0.39 is 0 Å². The van der Waals surface area contributed by atoms with E-state index in [1.54, 1.807) is 11.3 Å². The van der Waals surface area contributed by atoms with E-state index >= 15 is 0 Å². The molecule has 1 aromatic heterocycles. The van der Waals surface area contributed by atoms with Crippen LogP contribution in [0.5, 0.6) is 0 Å². The molecule has 0 radical (unpaired) electrons. The smallest absolute Gasteiger partial charge is 0.227 e. The van der Waals surface area contributed by atoms with Crippen LogP contribution in [0.25, 0.3) is 0 Å². The molecule has 5 heteroatoms. The first-order valence-corrected chi connectivity index (χ1v) is 7.22. The van der Waals surface area contributed by atoms with Crippen LogP contribution >= 0.6 is 11.3 Å². The molecule has 0 aromatic carbocycles. The lowest BCUT2D eigenvalue weighted by molar-refractivity contribution is -0.125. The summed E-state index contributed by atoms with van der Waals surface area (Å²) in [6.45, 7) is 3.90. The molecule has 1 saturated heterocycles. The zero-order valence-corrected chi connectivity index (χ0v) is 11.7. The third-order valence-corrected chi connectivity index (χ3v) is 4.39. The van der Waals surface area contributed by atoms with Gasteiger partial charge in [0.15, 0.2) is 0 Å². The minimum absolute atomic E-state index is 0.0694. The van der Waals surface area contributed by atoms with Gasteiger partial charge in [0, 0.05) is 10.9 Å². The number of hydrogen-bond acceptors (Lipinski definition) is 4. The molecule has 4 nitrogen and oxygen atoms in total. The molecule has 2 rings (SSSR count). The molecule has 0 spiro atoms. The number of thiophene rings is 1. The van der Waals surface area contributed by atoms with E-state index in [0.29, 0.717) is 19.8 Å². The van der Waals surface area contributed by atoms with Crippen LogP contribution in [0.3, 0.4) is 0 Å². The number of carbonyl (C=O) groups excluding carboxylic acids is 1. The lowest BCUT2D eigenvalue weighted by atomic mass is 10.0. The highest BCUT2D eigenvalue weighted by Crippen LogP contribution is 2.18. The van der Waals surface area contributed by atoms with Gasteiger partial charge < -0.3 is 15.4 Å². The van der Waals surface area contributed by atoms with Crippen molar-refractivity contribution in [2.24, 2.45) is 5.92 Å². The van der Waals surface area contributed by atoms with E-state index in [-0.39, 0.29) is 17.9 Å². The van der Waals surface area contributed by atoms with Gasteiger partial charge in [0.1, 0.15) is 0 Å². The first-order valence-electron chi connectivity index (χ1n) is 6.34. The van der Waals surface area contributed by atoms with Crippen LogP contribution < -0.4 is 10.6 Å². The standard InChI is InChI=1S/C13H20N2O2S/c1-3-9-4-5-18-12(9)6-15-13(16)10-7-17-8-11(10)14-2/h4-5,10-11,14H,3,6-8H2,1-2H3,(H,15,16). The number of amides is 1. The number of aryl methyl sites for hydroxylation is 1. The second kappa shape index (κ2) is 6.31. The maximum Gasteiger partial charge on any atom is 0.227 e. The fourth-order valence-corrected chi connectivity index (χ4v) is 3.15. The van der Waals surface area contributed by atoms with Gasteiger partial charge in [-0.2, -0.15) is 0 Å². The molecule has 1 aliphatic rings. The largest absolute Gasteiger partial charge is 0.379 e. The molecule has 1 fully saturated rings. The number of nitrogens with one attached hydrogen (secondary N) is 2. The third kappa shape index (κ3) is 2.91. The Balaban J connectivity index is 1.88. The molecule has 0 saturated carbocycles. The predicted molar refractivity (Wildman–Crippen MR) is 72.7 cm³/mol. The number of likely N-dealkylation sites (N-methyl/N-ethyl adjacent to an activating group) is 1. The molecule has 18 heavy (non-hydrogen) atoms. The monoisotopic (exact) mass is 268 g/mol. The average Bonchev–Trinajstić information content (AvgIpc) is 3.03. The van der Waals surface area contributed by atoms with Gasteiger partial charge in [-0.1, -0.05) is 6.92 Å². The lowest BCUT2D eigenvalue weighted by Gasteiger charge is -2.16. The minimum Gasteiger partial charge on any atom is -0.379 e. The zero-order valence-electron chi connectivity index (χ0n) is 10.9. The van der Waals surface area contributed by atoms with Crippen molar-refractivity contribution >= 4 is 17.2 Å². The molecule has 2 N–H and O–H groups in total. The molecule has 1 amide bonds. The first-order chi connectivity index (χ1) is 8.76. The minimum atomic E-state index is -0.0694. The highest BCUT2D eigenvalue weighted by atomic mass is 32.1.